The summed E-state index contributed by atoms with van der Waals surface area (Å²) in [5, 5.41) is 0. The van der Waals surface area contributed by atoms with Gasteiger partial charge in [-0.15, -0.1) is 11.8 Å². The summed E-state index contributed by atoms with van der Waals surface area (Å²) in [7, 11) is 3.71. The summed E-state index contributed by atoms with van der Waals surface area (Å²) >= 11 is 1.63. The van der Waals surface area contributed by atoms with Crippen LogP contribution in [0.2, 0.25) is 0 Å². The number of halogens is 1. The number of benzene rings is 2. The Morgan fingerprint density at radius 2 is 1.55 bits per heavy atom. The van der Waals surface area contributed by atoms with Crippen molar-refractivity contribution < 1.29 is 9.18 Å². The first-order chi connectivity index (χ1) is 10.5. The Labute approximate surface area is 134 Å². The number of hydrogen-bond acceptors (Lipinski definition) is 3. The van der Waals surface area contributed by atoms with Gasteiger partial charge in [0.1, 0.15) is 5.82 Å². The van der Waals surface area contributed by atoms with E-state index >= 15 is 0 Å². The van der Waals surface area contributed by atoms with Gasteiger partial charge in [-0.1, -0.05) is 12.1 Å². The molecule has 0 saturated heterocycles. The van der Waals surface area contributed by atoms with Crippen molar-refractivity contribution >= 4 is 23.1 Å². The molecule has 22 heavy (non-hydrogen) atoms. The minimum Gasteiger partial charge on any atom is -0.383 e. The molecule has 114 valence electrons. The van der Waals surface area contributed by atoms with Crippen LogP contribution in [0.1, 0.15) is 15.9 Å². The predicted octanol–water partition coefficient (Wildman–Crippen LogP) is 4.33. The van der Waals surface area contributed by atoms with Gasteiger partial charge in [-0.2, -0.15) is 0 Å². The molecule has 0 aliphatic rings. The second-order valence-corrected chi connectivity index (χ2v) is 5.95. The Morgan fingerprint density at radius 3 is 2.05 bits per heavy atom. The minimum absolute atomic E-state index is 0.0760. The van der Waals surface area contributed by atoms with Crippen LogP contribution in [0, 0.1) is 5.82 Å². The Morgan fingerprint density at radius 1 is 1.00 bits per heavy atom. The maximum absolute atomic E-state index is 13.1. The first kappa shape index (κ1) is 16.3. The number of carbonyl (C=O) groups is 1. The molecule has 0 saturated carbocycles. The molecule has 2 nitrogen and oxygen atoms in total. The Balaban J connectivity index is 2.40. The zero-order valence-electron chi connectivity index (χ0n) is 12.8. The molecule has 0 spiro atoms. The standard InChI is InChI=1S/C18H18FNOS/c1-20(2)12-17(13-4-8-15(19)9-5-13)18(21)14-6-10-16(22-3)11-7-14/h4-12H,1-3H3. The molecule has 0 heterocycles. The summed E-state index contributed by atoms with van der Waals surface area (Å²) in [6.45, 7) is 0. The number of allylic oxidation sites excluding steroid dienone is 1. The Bertz CT molecular complexity index is 675. The number of Topliss-reactive ketones (excluding diaryl/α,β-unsaturated/α-hetero) is 1. The van der Waals surface area contributed by atoms with Crippen molar-refractivity contribution in [2.45, 2.75) is 4.90 Å². The molecular weight excluding hydrogens is 297 g/mol. The van der Waals surface area contributed by atoms with Gasteiger partial charge in [-0.3, -0.25) is 4.79 Å². The number of thioether (sulfide) groups is 1. The first-order valence-electron chi connectivity index (χ1n) is 6.84. The Kier molecular flexibility index (Phi) is 5.39. The quantitative estimate of drug-likeness (QED) is 0.465. The van der Waals surface area contributed by atoms with Crippen LogP contribution in [-0.4, -0.2) is 31.0 Å². The number of rotatable bonds is 5. The van der Waals surface area contributed by atoms with Crippen LogP contribution in [0.5, 0.6) is 0 Å². The average Bonchev–Trinajstić information content (AvgIpc) is 2.53. The molecule has 0 atom stereocenters. The van der Waals surface area contributed by atoms with E-state index in [0.29, 0.717) is 16.7 Å². The fourth-order valence-corrected chi connectivity index (χ4v) is 2.46. The van der Waals surface area contributed by atoms with E-state index in [4.69, 9.17) is 0 Å². The normalized spacial score (nSPS) is 11.4. The summed E-state index contributed by atoms with van der Waals surface area (Å²) in [6, 6.07) is 13.5. The van der Waals surface area contributed by atoms with E-state index in [1.54, 1.807) is 30.1 Å². The van der Waals surface area contributed by atoms with Crippen LogP contribution in [0.4, 0.5) is 4.39 Å². The van der Waals surface area contributed by atoms with Gasteiger partial charge in [0.2, 0.25) is 0 Å². The monoisotopic (exact) mass is 315 g/mol. The van der Waals surface area contributed by atoms with E-state index < -0.39 is 0 Å². The second-order valence-electron chi connectivity index (χ2n) is 5.07. The second kappa shape index (κ2) is 7.27. The lowest BCUT2D eigenvalue weighted by atomic mass is 9.97. The largest absolute Gasteiger partial charge is 0.383 e. The highest BCUT2D eigenvalue weighted by molar-refractivity contribution is 7.98. The average molecular weight is 315 g/mol. The molecule has 0 N–H and O–H groups in total. The van der Waals surface area contributed by atoms with Gasteiger partial charge in [-0.25, -0.2) is 4.39 Å². The summed E-state index contributed by atoms with van der Waals surface area (Å²) in [5.41, 5.74) is 1.87. The zero-order valence-corrected chi connectivity index (χ0v) is 13.7. The maximum atomic E-state index is 13.1. The predicted molar refractivity (Wildman–Crippen MR) is 90.6 cm³/mol. The van der Waals surface area contributed by atoms with Crippen LogP contribution in [0.25, 0.3) is 5.57 Å². The molecular formula is C18H18FNOS. The van der Waals surface area contributed by atoms with Gasteiger partial charge in [0, 0.05) is 36.3 Å². The summed E-state index contributed by atoms with van der Waals surface area (Å²) < 4.78 is 13.1. The van der Waals surface area contributed by atoms with Crippen LogP contribution >= 0.6 is 11.8 Å². The van der Waals surface area contributed by atoms with Gasteiger partial charge in [0.15, 0.2) is 5.78 Å². The van der Waals surface area contributed by atoms with E-state index in [2.05, 4.69) is 0 Å². The smallest absolute Gasteiger partial charge is 0.195 e. The van der Waals surface area contributed by atoms with Crippen LogP contribution in [0.15, 0.2) is 59.6 Å². The van der Waals surface area contributed by atoms with E-state index in [9.17, 15) is 9.18 Å². The van der Waals surface area contributed by atoms with Crippen molar-refractivity contribution in [2.75, 3.05) is 20.4 Å². The molecule has 0 radical (unpaired) electrons. The van der Waals surface area contributed by atoms with Crippen molar-refractivity contribution in [3.8, 4) is 0 Å². The summed E-state index contributed by atoms with van der Waals surface area (Å²) in [6.07, 6.45) is 3.75. The van der Waals surface area contributed by atoms with E-state index in [-0.39, 0.29) is 11.6 Å². The fraction of sp³-hybridized carbons (Fsp3) is 0.167. The maximum Gasteiger partial charge on any atom is 0.195 e. The van der Waals surface area contributed by atoms with E-state index in [1.807, 2.05) is 49.5 Å². The van der Waals surface area contributed by atoms with Crippen LogP contribution in [-0.2, 0) is 0 Å². The highest BCUT2D eigenvalue weighted by Crippen LogP contribution is 2.22. The third kappa shape index (κ3) is 3.98. The van der Waals surface area contributed by atoms with Gasteiger partial charge in [0.05, 0.1) is 0 Å². The van der Waals surface area contributed by atoms with Crippen molar-refractivity contribution in [3.05, 3.63) is 71.7 Å². The zero-order chi connectivity index (χ0) is 16.1. The molecule has 2 aromatic rings. The topological polar surface area (TPSA) is 20.3 Å². The highest BCUT2D eigenvalue weighted by Gasteiger charge is 2.15. The van der Waals surface area contributed by atoms with E-state index in [0.717, 1.165) is 4.90 Å². The third-order valence-electron chi connectivity index (χ3n) is 3.14. The Hall–Kier alpha value is -2.07. The third-order valence-corrected chi connectivity index (χ3v) is 3.88. The highest BCUT2D eigenvalue weighted by atomic mass is 32.2. The number of ketones is 1. The van der Waals surface area contributed by atoms with E-state index in [1.165, 1.54) is 12.1 Å². The fourth-order valence-electron chi connectivity index (χ4n) is 2.05. The number of nitrogens with zero attached hydrogens (tertiary/aromatic N) is 1. The van der Waals surface area contributed by atoms with Gasteiger partial charge < -0.3 is 4.90 Å². The van der Waals surface area contributed by atoms with Crippen molar-refractivity contribution in [1.29, 1.82) is 0 Å². The van der Waals surface area contributed by atoms with Crippen molar-refractivity contribution in [2.24, 2.45) is 0 Å². The lowest BCUT2D eigenvalue weighted by molar-refractivity contribution is 0.105. The van der Waals surface area contributed by atoms with Crippen molar-refractivity contribution in [1.82, 2.24) is 4.90 Å². The van der Waals surface area contributed by atoms with Crippen molar-refractivity contribution in [3.63, 3.8) is 0 Å². The molecule has 2 rings (SSSR count). The minimum atomic E-state index is -0.315. The lowest BCUT2D eigenvalue weighted by Crippen LogP contribution is -2.09. The molecule has 0 fully saturated rings. The van der Waals surface area contributed by atoms with Gasteiger partial charge in [-0.05, 0) is 48.2 Å². The number of carbonyl (C=O) groups excluding carboxylic acids is 1. The molecule has 4 heteroatoms. The van der Waals surface area contributed by atoms with Crippen LogP contribution < -0.4 is 0 Å². The van der Waals surface area contributed by atoms with Crippen LogP contribution in [0.3, 0.4) is 0 Å². The molecule has 0 unspecified atom stereocenters. The number of hydrogen-bond donors (Lipinski definition) is 0. The molecule has 0 aromatic heterocycles. The molecule has 0 aliphatic heterocycles. The summed E-state index contributed by atoms with van der Waals surface area (Å²) in [4.78, 5) is 15.7. The molecule has 0 amide bonds. The molecule has 2 aromatic carbocycles. The van der Waals surface area contributed by atoms with Gasteiger partial charge in [0.25, 0.3) is 0 Å². The molecule has 0 bridgehead atoms. The lowest BCUT2D eigenvalue weighted by Gasteiger charge is -2.12. The summed E-state index contributed by atoms with van der Waals surface area (Å²) in [5.74, 6) is -0.391. The van der Waals surface area contributed by atoms with Gasteiger partial charge >= 0.3 is 0 Å². The molecule has 0 aliphatic carbocycles. The SMILES string of the molecule is CSc1ccc(C(=O)C(=CN(C)C)c2ccc(F)cc2)cc1. The first-order valence-corrected chi connectivity index (χ1v) is 8.06.